The number of fused-ring (bicyclic) bond motifs is 1. The summed E-state index contributed by atoms with van der Waals surface area (Å²) in [5.41, 5.74) is -0.161. The number of halogens is 3. The van der Waals surface area contributed by atoms with Gasteiger partial charge in [0.2, 0.25) is 5.88 Å². The molecule has 3 rings (SSSR count). The third kappa shape index (κ3) is 3.36. The Morgan fingerprint density at radius 1 is 1.29 bits per heavy atom. The van der Waals surface area contributed by atoms with Gasteiger partial charge >= 0.3 is 6.18 Å². The van der Waals surface area contributed by atoms with Gasteiger partial charge in [0.05, 0.1) is 6.54 Å². The molecule has 1 N–H and O–H groups in total. The molecule has 126 valence electrons. The third-order valence-electron chi connectivity index (χ3n) is 3.10. The van der Waals surface area contributed by atoms with Crippen LogP contribution in [0.5, 0.6) is 5.88 Å². The Hall–Kier alpha value is -2.91. The van der Waals surface area contributed by atoms with Crippen molar-refractivity contribution in [3.63, 3.8) is 0 Å². The van der Waals surface area contributed by atoms with E-state index in [2.05, 4.69) is 25.4 Å². The Labute approximate surface area is 134 Å². The van der Waals surface area contributed by atoms with E-state index in [0.29, 0.717) is 11.6 Å². The van der Waals surface area contributed by atoms with Gasteiger partial charge < -0.3 is 10.1 Å². The first kappa shape index (κ1) is 16.0. The summed E-state index contributed by atoms with van der Waals surface area (Å²) in [6.45, 7) is 2.06. The quantitative estimate of drug-likeness (QED) is 0.720. The van der Waals surface area contributed by atoms with Crippen molar-refractivity contribution in [3.8, 4) is 5.88 Å². The minimum absolute atomic E-state index is 0.00233. The number of alkyl halides is 3. The van der Waals surface area contributed by atoms with Crippen molar-refractivity contribution in [1.82, 2.24) is 24.6 Å². The van der Waals surface area contributed by atoms with Crippen LogP contribution >= 0.6 is 0 Å². The summed E-state index contributed by atoms with van der Waals surface area (Å²) in [4.78, 5) is 11.8. The van der Waals surface area contributed by atoms with Crippen molar-refractivity contribution in [3.05, 3.63) is 42.0 Å². The van der Waals surface area contributed by atoms with Crippen LogP contribution in [0.3, 0.4) is 0 Å². The Bertz CT molecular complexity index is 848. The van der Waals surface area contributed by atoms with Gasteiger partial charge in [-0.3, -0.25) is 0 Å². The lowest BCUT2D eigenvalue weighted by Gasteiger charge is -2.13. The van der Waals surface area contributed by atoms with Crippen LogP contribution in [0.4, 0.5) is 19.0 Å². The highest BCUT2D eigenvalue weighted by atomic mass is 19.4. The largest absolute Gasteiger partial charge is 0.475 e. The molecular weight excluding hydrogens is 325 g/mol. The van der Waals surface area contributed by atoms with Gasteiger partial charge in [0.1, 0.15) is 24.3 Å². The van der Waals surface area contributed by atoms with Crippen LogP contribution in [0.2, 0.25) is 0 Å². The zero-order valence-electron chi connectivity index (χ0n) is 12.6. The number of ether oxygens (including phenoxy) is 1. The van der Waals surface area contributed by atoms with Crippen LogP contribution in [-0.2, 0) is 6.18 Å². The van der Waals surface area contributed by atoms with E-state index in [4.69, 9.17) is 4.74 Å². The van der Waals surface area contributed by atoms with Crippen molar-refractivity contribution in [2.45, 2.75) is 13.1 Å². The fraction of sp³-hybridized carbons (Fsp3) is 0.286. The van der Waals surface area contributed by atoms with Crippen LogP contribution in [-0.4, -0.2) is 37.7 Å². The molecule has 7 nitrogen and oxygen atoms in total. The molecule has 0 spiro atoms. The van der Waals surface area contributed by atoms with Crippen LogP contribution in [0.15, 0.2) is 30.7 Å². The van der Waals surface area contributed by atoms with Gasteiger partial charge in [-0.25, -0.2) is 9.97 Å². The predicted octanol–water partition coefficient (Wildman–Crippen LogP) is 2.34. The highest BCUT2D eigenvalue weighted by Gasteiger charge is 2.34. The van der Waals surface area contributed by atoms with Gasteiger partial charge in [0.15, 0.2) is 0 Å². The van der Waals surface area contributed by atoms with Crippen molar-refractivity contribution < 1.29 is 17.9 Å². The molecule has 0 aliphatic heterocycles. The molecule has 10 heteroatoms. The predicted molar refractivity (Wildman–Crippen MR) is 78.7 cm³/mol. The van der Waals surface area contributed by atoms with Gasteiger partial charge in [0.25, 0.3) is 5.78 Å². The number of pyridine rings is 1. The van der Waals surface area contributed by atoms with E-state index in [9.17, 15) is 13.2 Å². The lowest BCUT2D eigenvalue weighted by molar-refractivity contribution is -0.139. The zero-order chi connectivity index (χ0) is 17.2. The van der Waals surface area contributed by atoms with E-state index in [-0.39, 0.29) is 13.2 Å². The normalized spacial score (nSPS) is 11.7. The summed E-state index contributed by atoms with van der Waals surface area (Å²) in [5.74, 6) is 0.613. The second-order valence-corrected chi connectivity index (χ2v) is 4.88. The Balaban J connectivity index is 1.65. The molecule has 0 aromatic carbocycles. The smallest absolute Gasteiger partial charge is 0.421 e. The van der Waals surface area contributed by atoms with Gasteiger partial charge in [-0.2, -0.15) is 27.8 Å². The van der Waals surface area contributed by atoms with Gasteiger partial charge in [0, 0.05) is 18.0 Å². The Kier molecular flexibility index (Phi) is 4.19. The topological polar surface area (TPSA) is 77.2 Å². The van der Waals surface area contributed by atoms with Crippen molar-refractivity contribution in [2.24, 2.45) is 0 Å². The molecule has 3 aromatic heterocycles. The molecule has 0 amide bonds. The van der Waals surface area contributed by atoms with Gasteiger partial charge in [-0.1, -0.05) is 0 Å². The lowest BCUT2D eigenvalue weighted by Crippen LogP contribution is -2.17. The first-order valence-electron chi connectivity index (χ1n) is 7.01. The molecule has 0 saturated carbocycles. The minimum Gasteiger partial charge on any atom is -0.475 e. The number of anilines is 1. The molecule has 0 unspecified atom stereocenters. The fourth-order valence-corrected chi connectivity index (χ4v) is 2.10. The molecule has 0 fully saturated rings. The van der Waals surface area contributed by atoms with E-state index in [1.807, 2.05) is 0 Å². The van der Waals surface area contributed by atoms with E-state index in [0.717, 1.165) is 11.8 Å². The maximum Gasteiger partial charge on any atom is 0.421 e. The summed E-state index contributed by atoms with van der Waals surface area (Å²) >= 11 is 0. The average molecular weight is 338 g/mol. The highest BCUT2D eigenvalue weighted by Crippen LogP contribution is 2.34. The third-order valence-corrected chi connectivity index (χ3v) is 3.10. The number of hydrogen-bond acceptors (Lipinski definition) is 6. The molecular formula is C14H13F3N6O. The second kappa shape index (κ2) is 6.30. The SMILES string of the molecule is Cc1cc(NCCOc2ncccc2C(F)(F)F)n2ncnc2n1. The number of nitrogens with one attached hydrogen (secondary N) is 1. The summed E-state index contributed by atoms with van der Waals surface area (Å²) < 4.78 is 45.2. The minimum atomic E-state index is -4.51. The standard InChI is InChI=1S/C14H13F3N6O/c1-9-7-11(23-13(22-9)20-8-21-23)18-5-6-24-12-10(14(15,16)17)3-2-4-19-12/h2-4,7-8,18H,5-6H2,1H3. The number of aromatic nitrogens is 5. The van der Waals surface area contributed by atoms with E-state index >= 15 is 0 Å². The van der Waals surface area contributed by atoms with Crippen LogP contribution in [0, 0.1) is 6.92 Å². The highest BCUT2D eigenvalue weighted by molar-refractivity contribution is 5.44. The molecule has 0 bridgehead atoms. The van der Waals surface area contributed by atoms with Crippen LogP contribution < -0.4 is 10.1 Å². The lowest BCUT2D eigenvalue weighted by atomic mass is 10.2. The number of aryl methyl sites for hydroxylation is 1. The average Bonchev–Trinajstić information content (AvgIpc) is 2.99. The maximum absolute atomic E-state index is 12.8. The second-order valence-electron chi connectivity index (χ2n) is 4.88. The zero-order valence-corrected chi connectivity index (χ0v) is 12.6. The van der Waals surface area contributed by atoms with Crippen molar-refractivity contribution in [2.75, 3.05) is 18.5 Å². The van der Waals surface area contributed by atoms with Gasteiger partial charge in [-0.15, -0.1) is 0 Å². The molecule has 0 radical (unpaired) electrons. The Morgan fingerprint density at radius 2 is 2.12 bits per heavy atom. The molecule has 0 aliphatic rings. The number of nitrogens with zero attached hydrogens (tertiary/aromatic N) is 5. The first-order chi connectivity index (χ1) is 11.4. The molecule has 0 aliphatic carbocycles. The number of hydrogen-bond donors (Lipinski definition) is 1. The molecule has 3 heterocycles. The van der Waals surface area contributed by atoms with E-state index in [1.165, 1.54) is 23.1 Å². The van der Waals surface area contributed by atoms with E-state index in [1.54, 1.807) is 13.0 Å². The van der Waals surface area contributed by atoms with E-state index < -0.39 is 17.6 Å². The summed E-state index contributed by atoms with van der Waals surface area (Å²) in [5, 5.41) is 7.05. The van der Waals surface area contributed by atoms with Crippen molar-refractivity contribution in [1.29, 1.82) is 0 Å². The van der Waals surface area contributed by atoms with Gasteiger partial charge in [-0.05, 0) is 19.1 Å². The molecule has 0 atom stereocenters. The molecule has 24 heavy (non-hydrogen) atoms. The number of rotatable bonds is 5. The summed E-state index contributed by atoms with van der Waals surface area (Å²) in [7, 11) is 0. The van der Waals surface area contributed by atoms with Crippen LogP contribution in [0.25, 0.3) is 5.78 Å². The first-order valence-corrected chi connectivity index (χ1v) is 7.01. The summed E-state index contributed by atoms with van der Waals surface area (Å²) in [6, 6.07) is 3.90. The van der Waals surface area contributed by atoms with Crippen LogP contribution in [0.1, 0.15) is 11.3 Å². The maximum atomic E-state index is 12.8. The monoisotopic (exact) mass is 338 g/mol. The summed E-state index contributed by atoms with van der Waals surface area (Å²) in [6.07, 6.45) is -1.89. The fourth-order valence-electron chi connectivity index (χ4n) is 2.10. The molecule has 3 aromatic rings. The molecule has 0 saturated heterocycles. The van der Waals surface area contributed by atoms with Crippen molar-refractivity contribution >= 4 is 11.6 Å². The Morgan fingerprint density at radius 3 is 2.92 bits per heavy atom.